The molecule has 3 nitrogen and oxygen atoms in total. The molecule has 0 fully saturated rings. The highest BCUT2D eigenvalue weighted by Gasteiger charge is 2.19. The number of para-hydroxylation sites is 1. The van der Waals surface area contributed by atoms with Crippen molar-refractivity contribution in [2.24, 2.45) is 5.73 Å². The molecule has 0 bridgehead atoms. The van der Waals surface area contributed by atoms with Crippen molar-refractivity contribution >= 4 is 27.5 Å². The molecular weight excluding hydrogens is 316 g/mol. The van der Waals surface area contributed by atoms with Gasteiger partial charge in [-0.25, -0.2) is 0 Å². The zero-order chi connectivity index (χ0) is 14.7. The fourth-order valence-electron chi connectivity index (χ4n) is 2.23. The van der Waals surface area contributed by atoms with Gasteiger partial charge in [0.2, 0.25) is 5.91 Å². The van der Waals surface area contributed by atoms with Gasteiger partial charge in [0.25, 0.3) is 0 Å². The van der Waals surface area contributed by atoms with Crippen LogP contribution >= 0.6 is 15.9 Å². The summed E-state index contributed by atoms with van der Waals surface area (Å²) < 4.78 is 0.899. The van der Waals surface area contributed by atoms with Crippen molar-refractivity contribution in [3.63, 3.8) is 0 Å². The predicted molar refractivity (Wildman–Crippen MR) is 85.6 cm³/mol. The van der Waals surface area contributed by atoms with E-state index in [1.54, 1.807) is 0 Å². The number of hydrogen-bond donors (Lipinski definition) is 2. The first-order valence-electron chi connectivity index (χ1n) is 6.36. The number of primary amides is 1. The third kappa shape index (κ3) is 3.39. The molecule has 0 saturated carbocycles. The van der Waals surface area contributed by atoms with Crippen LogP contribution in [0, 0.1) is 13.8 Å². The standard InChI is InChI=1S/C16H17BrN2O/c1-10-7-11(2)9-12(8-10)15(16(18)20)19-14-6-4-3-5-13(14)17/h3-9,15,19H,1-2H3,(H2,18,20). The Morgan fingerprint density at radius 3 is 2.30 bits per heavy atom. The first-order chi connectivity index (χ1) is 9.47. The van der Waals surface area contributed by atoms with Gasteiger partial charge in [-0.3, -0.25) is 4.79 Å². The molecule has 2 aromatic carbocycles. The molecule has 0 aliphatic rings. The molecule has 104 valence electrons. The van der Waals surface area contributed by atoms with Crippen LogP contribution in [-0.2, 0) is 4.79 Å². The summed E-state index contributed by atoms with van der Waals surface area (Å²) in [6.45, 7) is 4.01. The Morgan fingerprint density at radius 1 is 1.15 bits per heavy atom. The predicted octanol–water partition coefficient (Wildman–Crippen LogP) is 3.70. The maximum absolute atomic E-state index is 11.8. The first-order valence-corrected chi connectivity index (χ1v) is 7.15. The Kier molecular flexibility index (Phi) is 4.45. The number of anilines is 1. The van der Waals surface area contributed by atoms with Crippen molar-refractivity contribution in [2.75, 3.05) is 5.32 Å². The molecule has 1 unspecified atom stereocenters. The Balaban J connectivity index is 2.37. The number of carbonyl (C=O) groups excluding carboxylic acids is 1. The number of amides is 1. The normalized spacial score (nSPS) is 11.9. The van der Waals surface area contributed by atoms with Gasteiger partial charge in [-0.1, -0.05) is 41.5 Å². The average Bonchev–Trinajstić information content (AvgIpc) is 2.36. The van der Waals surface area contributed by atoms with Crippen LogP contribution in [-0.4, -0.2) is 5.91 Å². The van der Waals surface area contributed by atoms with E-state index in [1.807, 2.05) is 50.2 Å². The molecular formula is C16H17BrN2O. The molecule has 1 amide bonds. The molecule has 2 aromatic rings. The summed E-state index contributed by atoms with van der Waals surface area (Å²) in [7, 11) is 0. The minimum Gasteiger partial charge on any atom is -0.369 e. The van der Waals surface area contributed by atoms with Crippen molar-refractivity contribution < 1.29 is 4.79 Å². The average molecular weight is 333 g/mol. The minimum absolute atomic E-state index is 0.397. The molecule has 20 heavy (non-hydrogen) atoms. The van der Waals surface area contributed by atoms with Gasteiger partial charge in [-0.15, -0.1) is 0 Å². The summed E-state index contributed by atoms with van der Waals surface area (Å²) in [6.07, 6.45) is 0. The van der Waals surface area contributed by atoms with Crippen LogP contribution in [0.1, 0.15) is 22.7 Å². The Labute approximate surface area is 127 Å². The molecule has 3 N–H and O–H groups in total. The SMILES string of the molecule is Cc1cc(C)cc(C(Nc2ccccc2Br)C(N)=O)c1. The van der Waals surface area contributed by atoms with Gasteiger partial charge in [0.1, 0.15) is 6.04 Å². The van der Waals surface area contributed by atoms with E-state index in [0.29, 0.717) is 0 Å². The lowest BCUT2D eigenvalue weighted by Crippen LogP contribution is -2.28. The van der Waals surface area contributed by atoms with Crippen LogP contribution in [0.3, 0.4) is 0 Å². The minimum atomic E-state index is -0.549. The van der Waals surface area contributed by atoms with Crippen molar-refractivity contribution in [1.29, 1.82) is 0 Å². The second-order valence-electron chi connectivity index (χ2n) is 4.88. The molecule has 2 rings (SSSR count). The number of rotatable bonds is 4. The summed E-state index contributed by atoms with van der Waals surface area (Å²) >= 11 is 3.46. The Morgan fingerprint density at radius 2 is 1.75 bits per heavy atom. The number of aryl methyl sites for hydroxylation is 2. The topological polar surface area (TPSA) is 55.1 Å². The summed E-state index contributed by atoms with van der Waals surface area (Å²) in [6, 6.07) is 13.1. The number of hydrogen-bond acceptors (Lipinski definition) is 2. The van der Waals surface area contributed by atoms with Crippen LogP contribution in [0.4, 0.5) is 5.69 Å². The third-order valence-electron chi connectivity index (χ3n) is 3.04. The monoisotopic (exact) mass is 332 g/mol. The lowest BCUT2D eigenvalue weighted by atomic mass is 10.0. The van der Waals surface area contributed by atoms with Gasteiger partial charge in [-0.05, 0) is 47.5 Å². The van der Waals surface area contributed by atoms with Crippen molar-refractivity contribution in [3.8, 4) is 0 Å². The number of halogens is 1. The lowest BCUT2D eigenvalue weighted by Gasteiger charge is -2.19. The van der Waals surface area contributed by atoms with E-state index in [0.717, 1.165) is 26.9 Å². The third-order valence-corrected chi connectivity index (χ3v) is 3.73. The molecule has 0 saturated heterocycles. The molecule has 0 radical (unpaired) electrons. The number of carbonyl (C=O) groups is 1. The summed E-state index contributed by atoms with van der Waals surface area (Å²) in [5.74, 6) is -0.397. The molecule has 0 aromatic heterocycles. The second kappa shape index (κ2) is 6.09. The smallest absolute Gasteiger partial charge is 0.244 e. The molecule has 1 atom stereocenters. The number of nitrogens with one attached hydrogen (secondary N) is 1. The van der Waals surface area contributed by atoms with Crippen molar-refractivity contribution in [2.45, 2.75) is 19.9 Å². The van der Waals surface area contributed by atoms with E-state index in [2.05, 4.69) is 27.3 Å². The lowest BCUT2D eigenvalue weighted by molar-refractivity contribution is -0.118. The highest BCUT2D eigenvalue weighted by Crippen LogP contribution is 2.27. The number of nitrogens with two attached hydrogens (primary N) is 1. The molecule has 0 heterocycles. The van der Waals surface area contributed by atoms with E-state index in [4.69, 9.17) is 5.73 Å². The highest BCUT2D eigenvalue weighted by atomic mass is 79.9. The van der Waals surface area contributed by atoms with Crippen molar-refractivity contribution in [3.05, 3.63) is 63.6 Å². The van der Waals surface area contributed by atoms with Crippen LogP contribution < -0.4 is 11.1 Å². The Hall–Kier alpha value is -1.81. The fraction of sp³-hybridized carbons (Fsp3) is 0.188. The van der Waals surface area contributed by atoms with E-state index < -0.39 is 11.9 Å². The van der Waals surface area contributed by atoms with Gasteiger partial charge in [-0.2, -0.15) is 0 Å². The summed E-state index contributed by atoms with van der Waals surface area (Å²) in [5, 5.41) is 3.20. The summed E-state index contributed by atoms with van der Waals surface area (Å²) in [5.41, 5.74) is 9.50. The zero-order valence-corrected chi connectivity index (χ0v) is 13.1. The number of benzene rings is 2. The maximum Gasteiger partial charge on any atom is 0.244 e. The quantitative estimate of drug-likeness (QED) is 0.896. The largest absolute Gasteiger partial charge is 0.369 e. The second-order valence-corrected chi connectivity index (χ2v) is 5.73. The van der Waals surface area contributed by atoms with Crippen LogP contribution in [0.25, 0.3) is 0 Å². The summed E-state index contributed by atoms with van der Waals surface area (Å²) in [4.78, 5) is 11.8. The Bertz CT molecular complexity index is 620. The molecule has 0 aliphatic carbocycles. The van der Waals surface area contributed by atoms with Crippen LogP contribution in [0.15, 0.2) is 46.9 Å². The van der Waals surface area contributed by atoms with Gasteiger partial charge >= 0.3 is 0 Å². The maximum atomic E-state index is 11.8. The van der Waals surface area contributed by atoms with Gasteiger partial charge < -0.3 is 11.1 Å². The van der Waals surface area contributed by atoms with E-state index in [-0.39, 0.29) is 0 Å². The zero-order valence-electron chi connectivity index (χ0n) is 11.5. The van der Waals surface area contributed by atoms with Gasteiger partial charge in [0.05, 0.1) is 0 Å². The van der Waals surface area contributed by atoms with Crippen molar-refractivity contribution in [1.82, 2.24) is 0 Å². The molecule has 0 aliphatic heterocycles. The van der Waals surface area contributed by atoms with Crippen LogP contribution in [0.2, 0.25) is 0 Å². The molecule has 0 spiro atoms. The van der Waals surface area contributed by atoms with Gasteiger partial charge in [0.15, 0.2) is 0 Å². The van der Waals surface area contributed by atoms with E-state index in [1.165, 1.54) is 0 Å². The molecule has 4 heteroatoms. The van der Waals surface area contributed by atoms with E-state index >= 15 is 0 Å². The van der Waals surface area contributed by atoms with E-state index in [9.17, 15) is 4.79 Å². The van der Waals surface area contributed by atoms with Gasteiger partial charge in [0, 0.05) is 10.2 Å². The fourth-order valence-corrected chi connectivity index (χ4v) is 2.63. The van der Waals surface area contributed by atoms with Crippen LogP contribution in [0.5, 0.6) is 0 Å². The first kappa shape index (κ1) is 14.6. The highest BCUT2D eigenvalue weighted by molar-refractivity contribution is 9.10.